The highest BCUT2D eigenvalue weighted by molar-refractivity contribution is 9.10. The van der Waals surface area contributed by atoms with Gasteiger partial charge in [0.05, 0.1) is 21.2 Å². The Balaban J connectivity index is 2.86. The Morgan fingerprint density at radius 2 is 2.06 bits per heavy atom. The molecule has 1 amide bonds. The summed E-state index contributed by atoms with van der Waals surface area (Å²) in [5, 5.41) is 3.31. The maximum atomic E-state index is 11.9. The van der Waals surface area contributed by atoms with Crippen molar-refractivity contribution in [1.82, 2.24) is 0 Å². The number of carbonyl (C=O) groups excluding carboxylic acids is 1. The van der Waals surface area contributed by atoms with Crippen LogP contribution in [0.25, 0.3) is 0 Å². The van der Waals surface area contributed by atoms with E-state index >= 15 is 0 Å². The van der Waals surface area contributed by atoms with E-state index in [-0.39, 0.29) is 11.3 Å². The molecule has 17 heavy (non-hydrogen) atoms. The van der Waals surface area contributed by atoms with E-state index in [1.165, 1.54) is 0 Å². The monoisotopic (exact) mass is 318 g/mol. The van der Waals surface area contributed by atoms with Gasteiger partial charge in [0.25, 0.3) is 0 Å². The lowest BCUT2D eigenvalue weighted by Gasteiger charge is -2.26. The summed E-state index contributed by atoms with van der Waals surface area (Å²) in [5.41, 5.74) is 6.21. The molecule has 1 aromatic rings. The Morgan fingerprint density at radius 3 is 2.59 bits per heavy atom. The number of carbonyl (C=O) groups is 1. The summed E-state index contributed by atoms with van der Waals surface area (Å²) in [6.45, 7) is 5.76. The van der Waals surface area contributed by atoms with E-state index in [1.54, 1.807) is 18.2 Å². The van der Waals surface area contributed by atoms with Crippen molar-refractivity contribution < 1.29 is 4.79 Å². The summed E-state index contributed by atoms with van der Waals surface area (Å²) in [7, 11) is 0. The minimum absolute atomic E-state index is 0.222. The van der Waals surface area contributed by atoms with Gasteiger partial charge in [-0.3, -0.25) is 4.79 Å². The highest BCUT2D eigenvalue weighted by Crippen LogP contribution is 2.30. The van der Waals surface area contributed by atoms with Crippen molar-refractivity contribution in [3.63, 3.8) is 0 Å². The van der Waals surface area contributed by atoms with Crippen molar-refractivity contribution >= 4 is 39.1 Å². The van der Waals surface area contributed by atoms with Crippen LogP contribution in [0.1, 0.15) is 20.8 Å². The average molecular weight is 320 g/mol. The first-order valence-electron chi connectivity index (χ1n) is 5.24. The van der Waals surface area contributed by atoms with Crippen LogP contribution in [-0.2, 0) is 4.79 Å². The molecule has 0 heterocycles. The summed E-state index contributed by atoms with van der Waals surface area (Å²) in [6, 6.07) is 4.70. The van der Waals surface area contributed by atoms with E-state index in [9.17, 15) is 4.79 Å². The Morgan fingerprint density at radius 1 is 1.47 bits per heavy atom. The van der Waals surface area contributed by atoms with Crippen molar-refractivity contribution in [3.05, 3.63) is 27.7 Å². The fourth-order valence-corrected chi connectivity index (χ4v) is 1.74. The van der Waals surface area contributed by atoms with Crippen molar-refractivity contribution in [2.45, 2.75) is 26.8 Å². The topological polar surface area (TPSA) is 55.1 Å². The van der Waals surface area contributed by atoms with Gasteiger partial charge in [-0.2, -0.15) is 0 Å². The third-order valence-corrected chi connectivity index (χ3v) is 3.82. The number of anilines is 1. The molecule has 0 bridgehead atoms. The quantitative estimate of drug-likeness (QED) is 0.877. The van der Waals surface area contributed by atoms with E-state index in [0.717, 1.165) is 0 Å². The molecule has 0 spiro atoms. The van der Waals surface area contributed by atoms with Crippen LogP contribution in [0.15, 0.2) is 22.7 Å². The van der Waals surface area contributed by atoms with Crippen molar-refractivity contribution in [2.24, 2.45) is 11.1 Å². The summed E-state index contributed by atoms with van der Waals surface area (Å²) in [5.74, 6) is -0.222. The van der Waals surface area contributed by atoms with Gasteiger partial charge in [-0.15, -0.1) is 0 Å². The minimum atomic E-state index is -0.576. The predicted octanol–water partition coefficient (Wildman–Crippen LogP) is 3.41. The second-order valence-corrected chi connectivity index (χ2v) is 6.13. The van der Waals surface area contributed by atoms with Crippen LogP contribution in [-0.4, -0.2) is 11.9 Å². The second-order valence-electron chi connectivity index (χ2n) is 4.93. The fraction of sp³-hybridized carbons (Fsp3) is 0.417. The normalized spacial score (nSPS) is 13.3. The van der Waals surface area contributed by atoms with Crippen molar-refractivity contribution in [1.29, 1.82) is 0 Å². The first kappa shape index (κ1) is 14.5. The molecule has 1 unspecified atom stereocenters. The zero-order chi connectivity index (χ0) is 13.2. The molecule has 1 rings (SSSR count). The third kappa shape index (κ3) is 3.69. The Kier molecular flexibility index (Phi) is 4.58. The zero-order valence-electron chi connectivity index (χ0n) is 10.1. The van der Waals surface area contributed by atoms with Gasteiger partial charge in [0.1, 0.15) is 0 Å². The molecule has 0 aliphatic carbocycles. The van der Waals surface area contributed by atoms with Gasteiger partial charge in [-0.05, 0) is 33.5 Å². The highest BCUT2D eigenvalue weighted by atomic mass is 79.9. The molecule has 0 saturated heterocycles. The second kappa shape index (κ2) is 5.38. The Bertz CT molecular complexity index is 429. The smallest absolute Gasteiger partial charge is 0.241 e. The molecule has 0 aliphatic heterocycles. The molecule has 5 heteroatoms. The van der Waals surface area contributed by atoms with Gasteiger partial charge in [-0.1, -0.05) is 38.4 Å². The molecule has 1 aromatic carbocycles. The molecule has 0 saturated carbocycles. The maximum absolute atomic E-state index is 11.9. The van der Waals surface area contributed by atoms with Gasteiger partial charge in [-0.25, -0.2) is 0 Å². The van der Waals surface area contributed by atoms with Crippen LogP contribution in [0.5, 0.6) is 0 Å². The standard InChI is InChI=1S/C12H16BrClN2O/c1-12(2,3)10(15)11(17)16-8-6-4-5-7(14)9(8)13/h4-6,10H,15H2,1-3H3,(H,16,17). The Labute approximate surface area is 115 Å². The minimum Gasteiger partial charge on any atom is -0.324 e. The first-order valence-corrected chi connectivity index (χ1v) is 6.41. The van der Waals surface area contributed by atoms with Crippen LogP contribution in [0, 0.1) is 5.41 Å². The lowest BCUT2D eigenvalue weighted by atomic mass is 9.87. The van der Waals surface area contributed by atoms with E-state index < -0.39 is 6.04 Å². The summed E-state index contributed by atoms with van der Waals surface area (Å²) in [6.07, 6.45) is 0. The molecular formula is C12H16BrClN2O. The molecular weight excluding hydrogens is 304 g/mol. The van der Waals surface area contributed by atoms with Gasteiger partial charge in [0, 0.05) is 0 Å². The van der Waals surface area contributed by atoms with E-state index in [1.807, 2.05) is 20.8 Å². The largest absolute Gasteiger partial charge is 0.324 e. The lowest BCUT2D eigenvalue weighted by Crippen LogP contribution is -2.45. The van der Waals surface area contributed by atoms with Gasteiger partial charge < -0.3 is 11.1 Å². The van der Waals surface area contributed by atoms with Crippen LogP contribution in [0.2, 0.25) is 5.02 Å². The van der Waals surface area contributed by atoms with Crippen LogP contribution >= 0.6 is 27.5 Å². The van der Waals surface area contributed by atoms with E-state index in [2.05, 4.69) is 21.2 Å². The third-order valence-electron chi connectivity index (χ3n) is 2.42. The number of amides is 1. The van der Waals surface area contributed by atoms with Crippen molar-refractivity contribution in [2.75, 3.05) is 5.32 Å². The molecule has 0 aliphatic rings. The lowest BCUT2D eigenvalue weighted by molar-refractivity contribution is -0.119. The van der Waals surface area contributed by atoms with E-state index in [0.29, 0.717) is 15.2 Å². The SMILES string of the molecule is CC(C)(C)C(N)C(=O)Nc1cccc(Cl)c1Br. The molecule has 0 aromatic heterocycles. The predicted molar refractivity (Wildman–Crippen MR) is 75.2 cm³/mol. The number of hydrogen-bond donors (Lipinski definition) is 2. The molecule has 1 atom stereocenters. The van der Waals surface area contributed by atoms with Crippen LogP contribution < -0.4 is 11.1 Å². The van der Waals surface area contributed by atoms with Gasteiger partial charge in [0.2, 0.25) is 5.91 Å². The van der Waals surface area contributed by atoms with Crippen molar-refractivity contribution in [3.8, 4) is 0 Å². The molecule has 0 fully saturated rings. The highest BCUT2D eigenvalue weighted by Gasteiger charge is 2.27. The molecule has 3 nitrogen and oxygen atoms in total. The van der Waals surface area contributed by atoms with Crippen LogP contribution in [0.4, 0.5) is 5.69 Å². The van der Waals surface area contributed by atoms with Crippen LogP contribution in [0.3, 0.4) is 0 Å². The number of nitrogens with one attached hydrogen (secondary N) is 1. The number of hydrogen-bond acceptors (Lipinski definition) is 2. The molecule has 3 N–H and O–H groups in total. The maximum Gasteiger partial charge on any atom is 0.241 e. The zero-order valence-corrected chi connectivity index (χ0v) is 12.4. The summed E-state index contributed by atoms with van der Waals surface area (Å²) < 4.78 is 0.663. The van der Waals surface area contributed by atoms with Gasteiger partial charge in [0.15, 0.2) is 0 Å². The summed E-state index contributed by atoms with van der Waals surface area (Å²) in [4.78, 5) is 11.9. The molecule has 0 radical (unpaired) electrons. The number of halogens is 2. The number of benzene rings is 1. The number of nitrogens with two attached hydrogens (primary N) is 1. The Hall–Kier alpha value is -0.580. The fourth-order valence-electron chi connectivity index (χ4n) is 1.20. The number of rotatable bonds is 2. The average Bonchev–Trinajstić information content (AvgIpc) is 2.22. The van der Waals surface area contributed by atoms with E-state index in [4.69, 9.17) is 17.3 Å². The van der Waals surface area contributed by atoms with Gasteiger partial charge >= 0.3 is 0 Å². The summed E-state index contributed by atoms with van der Waals surface area (Å²) >= 11 is 9.26. The first-order chi connectivity index (χ1) is 7.73. The molecule has 94 valence electrons.